The van der Waals surface area contributed by atoms with E-state index in [-0.39, 0.29) is 12.0 Å². The lowest BCUT2D eigenvalue weighted by Gasteiger charge is -2.32. The Bertz CT molecular complexity index is 333. The van der Waals surface area contributed by atoms with Gasteiger partial charge in [0, 0.05) is 25.0 Å². The molecule has 2 rings (SSSR count). The molecule has 0 spiro atoms. The maximum atomic E-state index is 12.1. The summed E-state index contributed by atoms with van der Waals surface area (Å²) in [6, 6.07) is 0.953. The van der Waals surface area contributed by atoms with Gasteiger partial charge >= 0.3 is 0 Å². The van der Waals surface area contributed by atoms with Crippen molar-refractivity contribution in [1.29, 1.82) is 0 Å². The Labute approximate surface area is 129 Å². The highest BCUT2D eigenvalue weighted by Gasteiger charge is 2.35. The highest BCUT2D eigenvalue weighted by atomic mass is 16.5. The quantitative estimate of drug-likeness (QED) is 0.785. The molecule has 4 nitrogen and oxygen atoms in total. The maximum absolute atomic E-state index is 12.1. The average Bonchev–Trinajstić information content (AvgIpc) is 2.81. The molecule has 0 radical (unpaired) electrons. The molecule has 0 aromatic heterocycles. The number of ether oxygens (including phenoxy) is 1. The van der Waals surface area contributed by atoms with Crippen LogP contribution in [-0.4, -0.2) is 48.7 Å². The lowest BCUT2D eigenvalue weighted by Crippen LogP contribution is -2.47. The van der Waals surface area contributed by atoms with Gasteiger partial charge in [0.1, 0.15) is 0 Å². The fourth-order valence-corrected chi connectivity index (χ4v) is 3.78. The Kier molecular flexibility index (Phi) is 6.49. The fourth-order valence-electron chi connectivity index (χ4n) is 3.78. The van der Waals surface area contributed by atoms with Crippen LogP contribution in [0.1, 0.15) is 59.3 Å². The summed E-state index contributed by atoms with van der Waals surface area (Å²) in [5, 5.41) is 3.23. The molecule has 21 heavy (non-hydrogen) atoms. The van der Waals surface area contributed by atoms with Gasteiger partial charge in [-0.2, -0.15) is 0 Å². The number of nitrogens with one attached hydrogen (secondary N) is 1. The van der Waals surface area contributed by atoms with Crippen molar-refractivity contribution in [2.75, 3.05) is 19.7 Å². The summed E-state index contributed by atoms with van der Waals surface area (Å²) in [5.74, 6) is 0.800. The molecule has 4 heteroatoms. The number of amides is 1. The first kappa shape index (κ1) is 16.8. The molecule has 122 valence electrons. The van der Waals surface area contributed by atoms with Crippen LogP contribution < -0.4 is 5.32 Å². The van der Waals surface area contributed by atoms with Crippen molar-refractivity contribution >= 4 is 5.91 Å². The second-order valence-electron chi connectivity index (χ2n) is 7.12. The van der Waals surface area contributed by atoms with Crippen molar-refractivity contribution in [3.63, 3.8) is 0 Å². The molecule has 0 aromatic carbocycles. The number of carbonyl (C=O) groups excluding carboxylic acids is 1. The van der Waals surface area contributed by atoms with Crippen LogP contribution in [0.5, 0.6) is 0 Å². The molecular weight excluding hydrogens is 264 g/mol. The predicted octanol–water partition coefficient (Wildman–Crippen LogP) is 2.57. The van der Waals surface area contributed by atoms with Gasteiger partial charge in [0.25, 0.3) is 0 Å². The van der Waals surface area contributed by atoms with Gasteiger partial charge in [-0.05, 0) is 45.1 Å². The van der Waals surface area contributed by atoms with Gasteiger partial charge in [0.15, 0.2) is 0 Å². The average molecular weight is 296 g/mol. The van der Waals surface area contributed by atoms with E-state index >= 15 is 0 Å². The molecule has 0 aliphatic carbocycles. The van der Waals surface area contributed by atoms with Crippen molar-refractivity contribution in [2.24, 2.45) is 5.92 Å². The molecule has 2 heterocycles. The van der Waals surface area contributed by atoms with Crippen LogP contribution in [0.25, 0.3) is 0 Å². The molecule has 2 aliphatic heterocycles. The van der Waals surface area contributed by atoms with Gasteiger partial charge < -0.3 is 10.1 Å². The largest absolute Gasteiger partial charge is 0.378 e. The Balaban J connectivity index is 1.63. The molecule has 0 saturated carbocycles. The van der Waals surface area contributed by atoms with Crippen molar-refractivity contribution in [2.45, 2.75) is 77.5 Å². The predicted molar refractivity (Wildman–Crippen MR) is 85.2 cm³/mol. The molecular formula is C17H32N2O2. The van der Waals surface area contributed by atoms with E-state index < -0.39 is 0 Å². The molecule has 0 aromatic rings. The van der Waals surface area contributed by atoms with Gasteiger partial charge in [-0.3, -0.25) is 9.69 Å². The summed E-state index contributed by atoms with van der Waals surface area (Å²) >= 11 is 0. The second kappa shape index (κ2) is 8.14. The molecule has 2 saturated heterocycles. The third-order valence-electron chi connectivity index (χ3n) is 4.74. The molecule has 1 N–H and O–H groups in total. The van der Waals surface area contributed by atoms with Crippen molar-refractivity contribution in [3.8, 4) is 0 Å². The number of fused-ring (bicyclic) bond motifs is 1. The van der Waals surface area contributed by atoms with E-state index in [1.165, 1.54) is 25.8 Å². The van der Waals surface area contributed by atoms with Crippen molar-refractivity contribution in [3.05, 3.63) is 0 Å². The van der Waals surface area contributed by atoms with E-state index in [0.29, 0.717) is 31.0 Å². The first-order valence-corrected chi connectivity index (χ1v) is 8.71. The number of hydrogen-bond donors (Lipinski definition) is 1. The zero-order valence-corrected chi connectivity index (χ0v) is 13.9. The van der Waals surface area contributed by atoms with Gasteiger partial charge in [0.2, 0.25) is 5.91 Å². The van der Waals surface area contributed by atoms with Gasteiger partial charge in [-0.15, -0.1) is 0 Å². The number of rotatable bonds is 7. The first-order chi connectivity index (χ1) is 10.1. The lowest BCUT2D eigenvalue weighted by molar-refractivity contribution is -0.123. The van der Waals surface area contributed by atoms with Crippen LogP contribution in [0.15, 0.2) is 0 Å². The summed E-state index contributed by atoms with van der Waals surface area (Å²) in [6.07, 6.45) is 6.78. The number of carbonyl (C=O) groups is 1. The smallest absolute Gasteiger partial charge is 0.222 e. The SMILES string of the molecule is CC(C)C[C@H](C)OCCC(=O)N[C@H]1CCN2CCCC[C@@H]12. The standard InChI is InChI=1S/C17H32N2O2/c1-13(2)12-14(3)21-11-8-17(20)18-15-7-10-19-9-5-4-6-16(15)19/h13-16H,4-12H2,1-3H3,(H,18,20)/t14-,15-,16-/m0/s1. The normalized spacial score (nSPS) is 27.6. The summed E-state index contributed by atoms with van der Waals surface area (Å²) in [6.45, 7) is 9.39. The minimum Gasteiger partial charge on any atom is -0.378 e. The van der Waals surface area contributed by atoms with Crippen LogP contribution >= 0.6 is 0 Å². The number of hydrogen-bond acceptors (Lipinski definition) is 3. The molecule has 0 bridgehead atoms. The maximum Gasteiger partial charge on any atom is 0.222 e. The molecule has 2 aliphatic rings. The van der Waals surface area contributed by atoms with Crippen LogP contribution in [0.4, 0.5) is 0 Å². The Morgan fingerprint density at radius 1 is 1.24 bits per heavy atom. The first-order valence-electron chi connectivity index (χ1n) is 8.71. The van der Waals surface area contributed by atoms with E-state index in [0.717, 1.165) is 19.4 Å². The summed E-state index contributed by atoms with van der Waals surface area (Å²) in [5.41, 5.74) is 0. The minimum absolute atomic E-state index is 0.157. The fraction of sp³-hybridized carbons (Fsp3) is 0.941. The van der Waals surface area contributed by atoms with E-state index in [9.17, 15) is 4.79 Å². The van der Waals surface area contributed by atoms with Crippen LogP contribution in [-0.2, 0) is 9.53 Å². The van der Waals surface area contributed by atoms with Gasteiger partial charge in [-0.1, -0.05) is 20.3 Å². The summed E-state index contributed by atoms with van der Waals surface area (Å²) < 4.78 is 5.72. The van der Waals surface area contributed by atoms with E-state index in [1.54, 1.807) is 0 Å². The van der Waals surface area contributed by atoms with Crippen molar-refractivity contribution in [1.82, 2.24) is 10.2 Å². The van der Waals surface area contributed by atoms with Gasteiger partial charge in [0.05, 0.1) is 12.7 Å². The molecule has 0 unspecified atom stereocenters. The third-order valence-corrected chi connectivity index (χ3v) is 4.74. The van der Waals surface area contributed by atoms with E-state index in [1.807, 2.05) is 0 Å². The Morgan fingerprint density at radius 2 is 2.05 bits per heavy atom. The molecule has 2 fully saturated rings. The molecule has 3 atom stereocenters. The third kappa shape index (κ3) is 5.26. The topological polar surface area (TPSA) is 41.6 Å². The van der Waals surface area contributed by atoms with Crippen LogP contribution in [0.3, 0.4) is 0 Å². The van der Waals surface area contributed by atoms with Crippen LogP contribution in [0.2, 0.25) is 0 Å². The summed E-state index contributed by atoms with van der Waals surface area (Å²) in [4.78, 5) is 14.6. The minimum atomic E-state index is 0.157. The second-order valence-corrected chi connectivity index (χ2v) is 7.12. The number of nitrogens with zero attached hydrogens (tertiary/aromatic N) is 1. The number of piperidine rings is 1. The Hall–Kier alpha value is -0.610. The lowest BCUT2D eigenvalue weighted by atomic mass is 9.99. The zero-order valence-electron chi connectivity index (χ0n) is 13.9. The van der Waals surface area contributed by atoms with Crippen LogP contribution in [0, 0.1) is 5.92 Å². The summed E-state index contributed by atoms with van der Waals surface area (Å²) in [7, 11) is 0. The highest BCUT2D eigenvalue weighted by molar-refractivity contribution is 5.76. The van der Waals surface area contributed by atoms with Crippen molar-refractivity contribution < 1.29 is 9.53 Å². The van der Waals surface area contributed by atoms with E-state index in [4.69, 9.17) is 4.74 Å². The zero-order chi connectivity index (χ0) is 15.2. The van der Waals surface area contributed by atoms with E-state index in [2.05, 4.69) is 31.0 Å². The van der Waals surface area contributed by atoms with Gasteiger partial charge in [-0.25, -0.2) is 0 Å². The monoisotopic (exact) mass is 296 g/mol. The Morgan fingerprint density at radius 3 is 2.81 bits per heavy atom. The molecule has 1 amide bonds. The highest BCUT2D eigenvalue weighted by Crippen LogP contribution is 2.27.